The standard InChI is InChI=1S/C6H12O3/c1-3-5-4-8-6(7-2)9-5/h5-6H,3-4H2,1-2H3/t5?,6-/m0/s1. The van der Waals surface area contributed by atoms with Crippen molar-refractivity contribution in [1.29, 1.82) is 0 Å². The Morgan fingerprint density at radius 1 is 1.67 bits per heavy atom. The van der Waals surface area contributed by atoms with Gasteiger partial charge in [0.15, 0.2) is 0 Å². The summed E-state index contributed by atoms with van der Waals surface area (Å²) >= 11 is 0. The van der Waals surface area contributed by atoms with E-state index < -0.39 is 6.48 Å². The van der Waals surface area contributed by atoms with Crippen LogP contribution >= 0.6 is 0 Å². The molecule has 0 radical (unpaired) electrons. The molecule has 1 aliphatic rings. The van der Waals surface area contributed by atoms with Crippen LogP contribution in [-0.2, 0) is 14.2 Å². The Balaban J connectivity index is 2.20. The van der Waals surface area contributed by atoms with Crippen molar-refractivity contribution >= 4 is 0 Å². The zero-order valence-electron chi connectivity index (χ0n) is 5.79. The molecule has 1 saturated heterocycles. The van der Waals surface area contributed by atoms with Crippen LogP contribution in [0.4, 0.5) is 0 Å². The van der Waals surface area contributed by atoms with Gasteiger partial charge in [-0.1, -0.05) is 6.92 Å². The minimum atomic E-state index is -0.421. The Hall–Kier alpha value is -0.120. The van der Waals surface area contributed by atoms with Gasteiger partial charge in [-0.15, -0.1) is 0 Å². The number of hydrogen-bond acceptors (Lipinski definition) is 3. The lowest BCUT2D eigenvalue weighted by Gasteiger charge is -2.06. The monoisotopic (exact) mass is 132 g/mol. The molecular weight excluding hydrogens is 120 g/mol. The van der Waals surface area contributed by atoms with Crippen LogP contribution in [0.5, 0.6) is 0 Å². The molecule has 1 heterocycles. The Kier molecular flexibility index (Phi) is 2.45. The summed E-state index contributed by atoms with van der Waals surface area (Å²) < 4.78 is 15.1. The normalized spacial score (nSPS) is 35.3. The molecule has 0 saturated carbocycles. The van der Waals surface area contributed by atoms with Gasteiger partial charge in [0.2, 0.25) is 0 Å². The fraction of sp³-hybridized carbons (Fsp3) is 1.00. The van der Waals surface area contributed by atoms with Crippen molar-refractivity contribution in [3.63, 3.8) is 0 Å². The zero-order valence-corrected chi connectivity index (χ0v) is 5.79. The van der Waals surface area contributed by atoms with Gasteiger partial charge in [0.1, 0.15) is 0 Å². The van der Waals surface area contributed by atoms with Crippen LogP contribution in [0.3, 0.4) is 0 Å². The van der Waals surface area contributed by atoms with E-state index in [1.54, 1.807) is 7.11 Å². The van der Waals surface area contributed by atoms with Crippen LogP contribution in [0.1, 0.15) is 13.3 Å². The second-order valence-corrected chi connectivity index (χ2v) is 2.02. The van der Waals surface area contributed by atoms with Crippen molar-refractivity contribution in [2.75, 3.05) is 13.7 Å². The van der Waals surface area contributed by atoms with E-state index in [1.807, 2.05) is 0 Å². The predicted octanol–water partition coefficient (Wildman–Crippen LogP) is 0.742. The fourth-order valence-corrected chi connectivity index (χ4v) is 0.759. The van der Waals surface area contributed by atoms with Crippen LogP contribution in [0.15, 0.2) is 0 Å². The lowest BCUT2D eigenvalue weighted by molar-refractivity contribution is -0.222. The van der Waals surface area contributed by atoms with E-state index in [0.717, 1.165) is 6.42 Å². The molecule has 0 aliphatic carbocycles. The van der Waals surface area contributed by atoms with E-state index in [1.165, 1.54) is 0 Å². The van der Waals surface area contributed by atoms with E-state index >= 15 is 0 Å². The number of methoxy groups -OCH3 is 1. The van der Waals surface area contributed by atoms with Crippen LogP contribution < -0.4 is 0 Å². The molecule has 54 valence electrons. The van der Waals surface area contributed by atoms with Gasteiger partial charge >= 0.3 is 0 Å². The molecule has 0 aromatic carbocycles. The Labute approximate surface area is 54.9 Å². The predicted molar refractivity (Wildman–Crippen MR) is 31.9 cm³/mol. The highest BCUT2D eigenvalue weighted by atomic mass is 16.9. The van der Waals surface area contributed by atoms with Crippen molar-refractivity contribution in [2.24, 2.45) is 0 Å². The lowest BCUT2D eigenvalue weighted by atomic mass is 10.3. The lowest BCUT2D eigenvalue weighted by Crippen LogP contribution is -2.12. The van der Waals surface area contributed by atoms with Gasteiger partial charge in [0.25, 0.3) is 6.48 Å². The molecule has 1 unspecified atom stereocenters. The van der Waals surface area contributed by atoms with Crippen molar-refractivity contribution in [2.45, 2.75) is 25.9 Å². The number of ether oxygens (including phenoxy) is 3. The maximum atomic E-state index is 5.22. The molecule has 0 spiro atoms. The third-order valence-corrected chi connectivity index (χ3v) is 1.37. The summed E-state index contributed by atoms with van der Waals surface area (Å²) in [5.74, 6) is 0. The zero-order chi connectivity index (χ0) is 6.69. The van der Waals surface area contributed by atoms with Gasteiger partial charge in [-0.25, -0.2) is 0 Å². The SMILES string of the molecule is CCC1CO[C@H](OC)O1. The van der Waals surface area contributed by atoms with Gasteiger partial charge < -0.3 is 14.2 Å². The second kappa shape index (κ2) is 3.15. The van der Waals surface area contributed by atoms with Gasteiger partial charge in [-0.2, -0.15) is 0 Å². The second-order valence-electron chi connectivity index (χ2n) is 2.02. The first kappa shape index (κ1) is 6.99. The molecule has 0 aromatic rings. The van der Waals surface area contributed by atoms with Crippen molar-refractivity contribution in [1.82, 2.24) is 0 Å². The molecule has 0 aromatic heterocycles. The summed E-state index contributed by atoms with van der Waals surface area (Å²) in [5.41, 5.74) is 0. The first-order valence-electron chi connectivity index (χ1n) is 3.16. The van der Waals surface area contributed by atoms with E-state index in [9.17, 15) is 0 Å². The molecule has 0 bridgehead atoms. The molecule has 0 N–H and O–H groups in total. The van der Waals surface area contributed by atoms with E-state index in [2.05, 4.69) is 6.92 Å². The van der Waals surface area contributed by atoms with Crippen molar-refractivity contribution in [3.8, 4) is 0 Å². The van der Waals surface area contributed by atoms with Gasteiger partial charge in [-0.05, 0) is 6.42 Å². The average molecular weight is 132 g/mol. The molecule has 1 rings (SSSR count). The first-order chi connectivity index (χ1) is 4.36. The van der Waals surface area contributed by atoms with Crippen LogP contribution in [0, 0.1) is 0 Å². The summed E-state index contributed by atoms with van der Waals surface area (Å²) in [6.07, 6.45) is 1.22. The quantitative estimate of drug-likeness (QED) is 0.554. The summed E-state index contributed by atoms with van der Waals surface area (Å²) in [6, 6.07) is 0. The van der Waals surface area contributed by atoms with E-state index in [0.29, 0.717) is 6.61 Å². The number of hydrogen-bond donors (Lipinski definition) is 0. The molecule has 9 heavy (non-hydrogen) atoms. The molecule has 1 fully saturated rings. The Bertz CT molecular complexity index is 74.4. The van der Waals surface area contributed by atoms with E-state index in [-0.39, 0.29) is 6.10 Å². The summed E-state index contributed by atoms with van der Waals surface area (Å²) in [4.78, 5) is 0. The van der Waals surface area contributed by atoms with Crippen molar-refractivity contribution in [3.05, 3.63) is 0 Å². The van der Waals surface area contributed by atoms with Crippen LogP contribution in [-0.4, -0.2) is 26.3 Å². The maximum Gasteiger partial charge on any atom is 0.271 e. The third kappa shape index (κ3) is 1.64. The van der Waals surface area contributed by atoms with Crippen LogP contribution in [0.25, 0.3) is 0 Å². The number of rotatable bonds is 2. The topological polar surface area (TPSA) is 27.7 Å². The minimum Gasteiger partial charge on any atom is -0.333 e. The maximum absolute atomic E-state index is 5.22. The van der Waals surface area contributed by atoms with Gasteiger partial charge in [-0.3, -0.25) is 0 Å². The summed E-state index contributed by atoms with van der Waals surface area (Å²) in [7, 11) is 1.57. The highest BCUT2D eigenvalue weighted by Gasteiger charge is 2.23. The highest BCUT2D eigenvalue weighted by Crippen LogP contribution is 2.13. The van der Waals surface area contributed by atoms with E-state index in [4.69, 9.17) is 14.2 Å². The molecule has 3 heteroatoms. The van der Waals surface area contributed by atoms with Crippen LogP contribution in [0.2, 0.25) is 0 Å². The first-order valence-corrected chi connectivity index (χ1v) is 3.16. The Morgan fingerprint density at radius 2 is 2.44 bits per heavy atom. The third-order valence-electron chi connectivity index (χ3n) is 1.37. The largest absolute Gasteiger partial charge is 0.333 e. The molecule has 1 aliphatic heterocycles. The highest BCUT2D eigenvalue weighted by molar-refractivity contribution is 4.57. The minimum absolute atomic E-state index is 0.231. The van der Waals surface area contributed by atoms with Gasteiger partial charge in [0.05, 0.1) is 12.7 Å². The smallest absolute Gasteiger partial charge is 0.271 e. The molecule has 3 nitrogen and oxygen atoms in total. The summed E-state index contributed by atoms with van der Waals surface area (Å²) in [6.45, 7) is 2.30. The Morgan fingerprint density at radius 3 is 2.78 bits per heavy atom. The fourth-order valence-electron chi connectivity index (χ4n) is 0.759. The van der Waals surface area contributed by atoms with Crippen molar-refractivity contribution < 1.29 is 14.2 Å². The average Bonchev–Trinajstić information content (AvgIpc) is 2.34. The molecule has 0 amide bonds. The molecular formula is C6H12O3. The summed E-state index contributed by atoms with van der Waals surface area (Å²) in [5, 5.41) is 0. The van der Waals surface area contributed by atoms with Gasteiger partial charge in [0, 0.05) is 7.11 Å². The molecule has 2 atom stereocenters.